The van der Waals surface area contributed by atoms with Gasteiger partial charge in [0.05, 0.1) is 5.88 Å². The van der Waals surface area contributed by atoms with E-state index in [0.717, 1.165) is 5.56 Å². The van der Waals surface area contributed by atoms with Gasteiger partial charge in [-0.15, -0.1) is 11.6 Å². The van der Waals surface area contributed by atoms with Crippen LogP contribution in [0.1, 0.15) is 11.1 Å². The molecule has 0 saturated heterocycles. The van der Waals surface area contributed by atoms with Gasteiger partial charge in [-0.3, -0.25) is 0 Å². The topological polar surface area (TPSA) is 16.1 Å². The van der Waals surface area contributed by atoms with E-state index in [2.05, 4.69) is 4.98 Å². The minimum Gasteiger partial charge on any atom is -0.353 e. The van der Waals surface area contributed by atoms with Gasteiger partial charge >= 0.3 is 0 Å². The molecule has 1 aromatic heterocycles. The Balaban J connectivity index is 2.20. The summed E-state index contributed by atoms with van der Waals surface area (Å²) in [6, 6.07) is 9.01. The summed E-state index contributed by atoms with van der Waals surface area (Å²) in [6.45, 7) is 0.548. The van der Waals surface area contributed by atoms with E-state index < -0.39 is 0 Å². The minimum atomic E-state index is -0.367. The number of pyridine rings is 1. The molecule has 0 fully saturated rings. The van der Waals surface area contributed by atoms with Gasteiger partial charge in [0.15, 0.2) is 11.6 Å². The van der Waals surface area contributed by atoms with Crippen LogP contribution in [0, 0.1) is 5.82 Å². The number of hydrogen-bond acceptors (Lipinski definition) is 2. The lowest BCUT2D eigenvalue weighted by atomic mass is 10.2. The second-order valence-corrected chi connectivity index (χ2v) is 4.93. The molecule has 1 heterocycles. The third kappa shape index (κ3) is 3.37. The Morgan fingerprint density at radius 3 is 2.53 bits per heavy atom. The molecule has 1 aromatic carbocycles. The van der Waals surface area contributed by atoms with Crippen molar-refractivity contribution in [2.24, 2.45) is 0 Å². The van der Waals surface area contributed by atoms with Gasteiger partial charge in [0.1, 0.15) is 0 Å². The molecular formula is C14H13Cl2FN2. The molecule has 0 N–H and O–H groups in total. The second kappa shape index (κ2) is 6.22. The summed E-state index contributed by atoms with van der Waals surface area (Å²) in [5.74, 6) is 0.0675. The van der Waals surface area contributed by atoms with Gasteiger partial charge < -0.3 is 4.90 Å². The Labute approximate surface area is 121 Å². The van der Waals surface area contributed by atoms with E-state index in [1.54, 1.807) is 24.2 Å². The lowest BCUT2D eigenvalue weighted by Crippen LogP contribution is -2.19. The average molecular weight is 299 g/mol. The van der Waals surface area contributed by atoms with Gasteiger partial charge in [-0.1, -0.05) is 23.7 Å². The Kier molecular flexibility index (Phi) is 4.61. The highest BCUT2D eigenvalue weighted by atomic mass is 35.5. The lowest BCUT2D eigenvalue weighted by Gasteiger charge is -2.19. The fourth-order valence-electron chi connectivity index (χ4n) is 1.78. The van der Waals surface area contributed by atoms with E-state index in [9.17, 15) is 4.39 Å². The first-order valence-corrected chi connectivity index (χ1v) is 6.68. The number of benzene rings is 1. The number of aromatic nitrogens is 1. The van der Waals surface area contributed by atoms with Crippen molar-refractivity contribution in [3.05, 3.63) is 58.5 Å². The van der Waals surface area contributed by atoms with Gasteiger partial charge in [-0.05, 0) is 23.8 Å². The van der Waals surface area contributed by atoms with E-state index in [4.69, 9.17) is 23.2 Å². The van der Waals surface area contributed by atoms with Gasteiger partial charge in [-0.2, -0.15) is 0 Å². The third-order valence-corrected chi connectivity index (χ3v) is 3.33. The van der Waals surface area contributed by atoms with Crippen LogP contribution in [0.3, 0.4) is 0 Å². The molecule has 5 heteroatoms. The number of alkyl halides is 1. The molecule has 0 aliphatic carbocycles. The van der Waals surface area contributed by atoms with Gasteiger partial charge in [0.25, 0.3) is 0 Å². The van der Waals surface area contributed by atoms with Crippen LogP contribution in [0.25, 0.3) is 0 Å². The highest BCUT2D eigenvalue weighted by Gasteiger charge is 2.13. The summed E-state index contributed by atoms with van der Waals surface area (Å²) in [6.07, 6.45) is 1.56. The standard InChI is InChI=1S/C14H13Cl2FN2/c1-19(9-10-2-4-12(16)5-3-10)14-13(17)11(8-15)6-7-18-14/h2-7H,8-9H2,1H3. The molecule has 0 unspecified atom stereocenters. The van der Waals surface area contributed by atoms with Crippen LogP contribution < -0.4 is 4.90 Å². The van der Waals surface area contributed by atoms with E-state index in [-0.39, 0.29) is 11.7 Å². The number of halogens is 3. The average Bonchev–Trinajstić information content (AvgIpc) is 2.41. The number of nitrogens with zero attached hydrogens (tertiary/aromatic N) is 2. The van der Waals surface area contributed by atoms with Crippen molar-refractivity contribution in [2.45, 2.75) is 12.4 Å². The first-order valence-electron chi connectivity index (χ1n) is 5.76. The van der Waals surface area contributed by atoms with Crippen molar-refractivity contribution >= 4 is 29.0 Å². The first kappa shape index (κ1) is 14.1. The molecule has 0 amide bonds. The Hall–Kier alpha value is -1.32. The molecule has 0 radical (unpaired) electrons. The summed E-state index contributed by atoms with van der Waals surface area (Å²) >= 11 is 11.5. The summed E-state index contributed by atoms with van der Waals surface area (Å²) < 4.78 is 14.1. The minimum absolute atomic E-state index is 0.135. The van der Waals surface area contributed by atoms with E-state index in [0.29, 0.717) is 22.9 Å². The monoisotopic (exact) mass is 298 g/mol. The maximum atomic E-state index is 14.1. The summed E-state index contributed by atoms with van der Waals surface area (Å²) in [4.78, 5) is 5.81. The van der Waals surface area contributed by atoms with Crippen LogP contribution in [0.4, 0.5) is 10.2 Å². The van der Waals surface area contributed by atoms with Crippen LogP contribution in [0.5, 0.6) is 0 Å². The van der Waals surface area contributed by atoms with Gasteiger partial charge in [0.2, 0.25) is 0 Å². The highest BCUT2D eigenvalue weighted by molar-refractivity contribution is 6.30. The van der Waals surface area contributed by atoms with Crippen molar-refractivity contribution in [2.75, 3.05) is 11.9 Å². The smallest absolute Gasteiger partial charge is 0.170 e. The predicted octanol–water partition coefficient (Wildman–Crippen LogP) is 4.25. The number of anilines is 1. The van der Waals surface area contributed by atoms with E-state index >= 15 is 0 Å². The van der Waals surface area contributed by atoms with Crippen molar-refractivity contribution in [1.82, 2.24) is 4.98 Å². The summed E-state index contributed by atoms with van der Waals surface area (Å²) in [7, 11) is 1.79. The third-order valence-electron chi connectivity index (χ3n) is 2.79. The molecule has 2 aromatic rings. The lowest BCUT2D eigenvalue weighted by molar-refractivity contribution is 0.604. The Bertz CT molecular complexity index is 558. The van der Waals surface area contributed by atoms with Gasteiger partial charge in [0, 0.05) is 30.4 Å². The fourth-order valence-corrected chi connectivity index (χ4v) is 2.11. The van der Waals surface area contributed by atoms with Crippen molar-refractivity contribution in [1.29, 1.82) is 0 Å². The first-order chi connectivity index (χ1) is 9.11. The molecule has 2 rings (SSSR count). The van der Waals surface area contributed by atoms with Crippen LogP contribution in [0.15, 0.2) is 36.5 Å². The van der Waals surface area contributed by atoms with E-state index in [1.807, 2.05) is 24.3 Å². The largest absolute Gasteiger partial charge is 0.353 e. The molecule has 100 valence electrons. The molecule has 0 atom stereocenters. The van der Waals surface area contributed by atoms with Gasteiger partial charge in [-0.25, -0.2) is 9.37 Å². The molecule has 0 aliphatic heterocycles. The molecule has 0 spiro atoms. The Morgan fingerprint density at radius 1 is 1.21 bits per heavy atom. The highest BCUT2D eigenvalue weighted by Crippen LogP contribution is 2.21. The zero-order valence-corrected chi connectivity index (χ0v) is 11.9. The van der Waals surface area contributed by atoms with Crippen LogP contribution in [0.2, 0.25) is 5.02 Å². The zero-order valence-electron chi connectivity index (χ0n) is 10.4. The summed E-state index contributed by atoms with van der Waals surface area (Å²) in [5.41, 5.74) is 1.49. The van der Waals surface area contributed by atoms with Crippen molar-refractivity contribution < 1.29 is 4.39 Å². The van der Waals surface area contributed by atoms with Crippen LogP contribution in [-0.4, -0.2) is 12.0 Å². The maximum Gasteiger partial charge on any atom is 0.170 e. The van der Waals surface area contributed by atoms with Crippen LogP contribution in [-0.2, 0) is 12.4 Å². The predicted molar refractivity (Wildman–Crippen MR) is 77.3 cm³/mol. The molecule has 0 bridgehead atoms. The molecule has 2 nitrogen and oxygen atoms in total. The van der Waals surface area contributed by atoms with Crippen molar-refractivity contribution in [3.63, 3.8) is 0 Å². The molecule has 19 heavy (non-hydrogen) atoms. The fraction of sp³-hybridized carbons (Fsp3) is 0.214. The van der Waals surface area contributed by atoms with Crippen LogP contribution >= 0.6 is 23.2 Å². The maximum absolute atomic E-state index is 14.1. The molecular weight excluding hydrogens is 286 g/mol. The normalized spacial score (nSPS) is 10.5. The van der Waals surface area contributed by atoms with E-state index in [1.165, 1.54) is 0 Å². The summed E-state index contributed by atoms with van der Waals surface area (Å²) in [5, 5.41) is 0.680. The van der Waals surface area contributed by atoms with Crippen molar-refractivity contribution in [3.8, 4) is 0 Å². The Morgan fingerprint density at radius 2 is 1.89 bits per heavy atom. The zero-order chi connectivity index (χ0) is 13.8. The quantitative estimate of drug-likeness (QED) is 0.785. The number of hydrogen-bond donors (Lipinski definition) is 0. The SMILES string of the molecule is CN(Cc1ccc(Cl)cc1)c1nccc(CCl)c1F. The second-order valence-electron chi connectivity index (χ2n) is 4.22. The number of rotatable bonds is 4. The molecule has 0 aliphatic rings. The molecule has 0 saturated carbocycles.